The first-order chi connectivity index (χ1) is 9.64. The first kappa shape index (κ1) is 15.0. The molecule has 0 aromatic heterocycles. The average Bonchev–Trinajstić information content (AvgIpc) is 2.48. The second-order valence-corrected chi connectivity index (χ2v) is 5.33. The molecule has 0 radical (unpaired) electrons. The first-order valence-corrected chi connectivity index (χ1v) is 7.30. The summed E-state index contributed by atoms with van der Waals surface area (Å²) in [5.74, 6) is -0.470. The number of hydrogen-bond acceptors (Lipinski definition) is 4. The van der Waals surface area contributed by atoms with Gasteiger partial charge in [0, 0.05) is 19.6 Å². The maximum atomic E-state index is 11.7. The van der Waals surface area contributed by atoms with Crippen LogP contribution in [0.4, 0.5) is 0 Å². The molecule has 1 saturated heterocycles. The monoisotopic (exact) mass is 277 g/mol. The molecule has 0 bridgehead atoms. The molecule has 110 valence electrons. The molecule has 1 heterocycles. The van der Waals surface area contributed by atoms with Crippen LogP contribution in [-0.4, -0.2) is 47.8 Å². The molecule has 0 saturated carbocycles. The van der Waals surface area contributed by atoms with Gasteiger partial charge in [-0.2, -0.15) is 0 Å². The van der Waals surface area contributed by atoms with E-state index in [2.05, 4.69) is 17.0 Å². The van der Waals surface area contributed by atoms with Crippen LogP contribution in [0, 0.1) is 0 Å². The number of hydrogen-bond donors (Lipinski definition) is 1. The van der Waals surface area contributed by atoms with Crippen molar-refractivity contribution in [3.05, 3.63) is 35.9 Å². The highest BCUT2D eigenvalue weighted by atomic mass is 16.5. The van der Waals surface area contributed by atoms with Crippen LogP contribution in [0.15, 0.2) is 30.3 Å². The number of benzene rings is 1. The third-order valence-electron chi connectivity index (χ3n) is 3.90. The van der Waals surface area contributed by atoms with Gasteiger partial charge in [-0.05, 0) is 31.7 Å². The first-order valence-electron chi connectivity index (χ1n) is 7.30. The standard InChI is InChI=1S/C16H23NO3/c1-2-20-15(18)16(19)9-12-17(13-10-16)11-8-14-6-4-3-5-7-14/h3-7,19H,2,8-13H2,1H3. The molecule has 4 nitrogen and oxygen atoms in total. The van der Waals surface area contributed by atoms with Crippen molar-refractivity contribution >= 4 is 5.97 Å². The number of aliphatic hydroxyl groups is 1. The number of ether oxygens (including phenoxy) is 1. The maximum absolute atomic E-state index is 11.7. The summed E-state index contributed by atoms with van der Waals surface area (Å²) in [4.78, 5) is 14.0. The van der Waals surface area contributed by atoms with Crippen LogP contribution in [0.3, 0.4) is 0 Å². The van der Waals surface area contributed by atoms with E-state index < -0.39 is 11.6 Å². The number of esters is 1. The van der Waals surface area contributed by atoms with Crippen LogP contribution in [0.1, 0.15) is 25.3 Å². The lowest BCUT2D eigenvalue weighted by Crippen LogP contribution is -2.50. The highest BCUT2D eigenvalue weighted by Gasteiger charge is 2.40. The maximum Gasteiger partial charge on any atom is 0.338 e. The van der Waals surface area contributed by atoms with Crippen molar-refractivity contribution in [2.45, 2.75) is 31.8 Å². The van der Waals surface area contributed by atoms with Gasteiger partial charge in [0.15, 0.2) is 5.60 Å². The summed E-state index contributed by atoms with van der Waals surface area (Å²) < 4.78 is 4.94. The molecule has 1 aliphatic rings. The molecule has 20 heavy (non-hydrogen) atoms. The number of nitrogens with zero attached hydrogens (tertiary/aromatic N) is 1. The van der Waals surface area contributed by atoms with E-state index in [1.54, 1.807) is 6.92 Å². The molecule has 0 unspecified atom stereocenters. The number of carbonyl (C=O) groups excluding carboxylic acids is 1. The summed E-state index contributed by atoms with van der Waals surface area (Å²) in [6.45, 7) is 4.52. The minimum atomic E-state index is -1.28. The van der Waals surface area contributed by atoms with Gasteiger partial charge in [-0.1, -0.05) is 30.3 Å². The fourth-order valence-corrected chi connectivity index (χ4v) is 2.55. The molecule has 2 rings (SSSR count). The van der Waals surface area contributed by atoms with Gasteiger partial charge in [0.05, 0.1) is 6.61 Å². The summed E-state index contributed by atoms with van der Waals surface area (Å²) in [5.41, 5.74) is 0.0398. The van der Waals surface area contributed by atoms with E-state index in [0.717, 1.165) is 26.1 Å². The van der Waals surface area contributed by atoms with E-state index in [1.807, 2.05) is 18.2 Å². The number of likely N-dealkylation sites (tertiary alicyclic amines) is 1. The van der Waals surface area contributed by atoms with Gasteiger partial charge in [0.1, 0.15) is 0 Å². The third-order valence-corrected chi connectivity index (χ3v) is 3.90. The zero-order valence-corrected chi connectivity index (χ0v) is 12.0. The fourth-order valence-electron chi connectivity index (χ4n) is 2.55. The Hall–Kier alpha value is -1.39. The van der Waals surface area contributed by atoms with Crippen molar-refractivity contribution in [3.8, 4) is 0 Å². The second kappa shape index (κ2) is 6.86. The Morgan fingerprint density at radius 2 is 1.95 bits per heavy atom. The topological polar surface area (TPSA) is 49.8 Å². The highest BCUT2D eigenvalue weighted by molar-refractivity contribution is 5.79. The van der Waals surface area contributed by atoms with E-state index in [1.165, 1.54) is 5.56 Å². The van der Waals surface area contributed by atoms with Crippen molar-refractivity contribution < 1.29 is 14.6 Å². The molecule has 4 heteroatoms. The zero-order valence-electron chi connectivity index (χ0n) is 12.0. The lowest BCUT2D eigenvalue weighted by atomic mass is 9.91. The van der Waals surface area contributed by atoms with Crippen molar-refractivity contribution in [3.63, 3.8) is 0 Å². The Balaban J connectivity index is 1.78. The predicted molar refractivity (Wildman–Crippen MR) is 77.4 cm³/mol. The fraction of sp³-hybridized carbons (Fsp3) is 0.562. The normalized spacial score (nSPS) is 18.7. The molecular formula is C16H23NO3. The van der Waals surface area contributed by atoms with Crippen molar-refractivity contribution in [1.29, 1.82) is 0 Å². The minimum Gasteiger partial charge on any atom is -0.464 e. The smallest absolute Gasteiger partial charge is 0.338 e. The van der Waals surface area contributed by atoms with E-state index in [0.29, 0.717) is 19.4 Å². The summed E-state index contributed by atoms with van der Waals surface area (Å²) in [6.07, 6.45) is 1.92. The zero-order chi connectivity index (χ0) is 14.4. The van der Waals surface area contributed by atoms with Crippen LogP contribution in [0.5, 0.6) is 0 Å². The Morgan fingerprint density at radius 3 is 2.55 bits per heavy atom. The Morgan fingerprint density at radius 1 is 1.30 bits per heavy atom. The molecule has 1 aliphatic heterocycles. The molecule has 0 spiro atoms. The molecule has 0 atom stereocenters. The van der Waals surface area contributed by atoms with Crippen LogP contribution >= 0.6 is 0 Å². The number of rotatable bonds is 5. The Bertz CT molecular complexity index is 425. The number of piperidine rings is 1. The second-order valence-electron chi connectivity index (χ2n) is 5.33. The molecule has 0 aliphatic carbocycles. The van der Waals surface area contributed by atoms with Crippen molar-refractivity contribution in [1.82, 2.24) is 4.90 Å². The van der Waals surface area contributed by atoms with Crippen LogP contribution in [0.25, 0.3) is 0 Å². The highest BCUT2D eigenvalue weighted by Crippen LogP contribution is 2.23. The van der Waals surface area contributed by atoms with Gasteiger partial charge in [-0.3, -0.25) is 0 Å². The summed E-state index contributed by atoms with van der Waals surface area (Å²) in [5, 5.41) is 10.3. The van der Waals surface area contributed by atoms with E-state index in [4.69, 9.17) is 4.74 Å². The van der Waals surface area contributed by atoms with Gasteiger partial charge in [0.25, 0.3) is 0 Å². The average molecular weight is 277 g/mol. The SMILES string of the molecule is CCOC(=O)C1(O)CCN(CCc2ccccc2)CC1. The predicted octanol–water partition coefficient (Wildman–Crippen LogP) is 1.62. The van der Waals surface area contributed by atoms with Crippen LogP contribution < -0.4 is 0 Å². The Labute approximate surface area is 120 Å². The summed E-state index contributed by atoms with van der Waals surface area (Å²) >= 11 is 0. The van der Waals surface area contributed by atoms with Crippen LogP contribution in [0.2, 0.25) is 0 Å². The van der Waals surface area contributed by atoms with Crippen LogP contribution in [-0.2, 0) is 16.0 Å². The molecular weight excluding hydrogens is 254 g/mol. The molecule has 1 aromatic rings. The molecule has 0 amide bonds. The lowest BCUT2D eigenvalue weighted by Gasteiger charge is -2.36. The molecule has 1 N–H and O–H groups in total. The van der Waals surface area contributed by atoms with Gasteiger partial charge in [0.2, 0.25) is 0 Å². The molecule has 1 aromatic carbocycles. The van der Waals surface area contributed by atoms with Gasteiger partial charge < -0.3 is 14.7 Å². The lowest BCUT2D eigenvalue weighted by molar-refractivity contribution is -0.170. The van der Waals surface area contributed by atoms with E-state index >= 15 is 0 Å². The van der Waals surface area contributed by atoms with Gasteiger partial charge in [-0.25, -0.2) is 4.79 Å². The Kier molecular flexibility index (Phi) is 5.15. The minimum absolute atomic E-state index is 0.318. The van der Waals surface area contributed by atoms with Gasteiger partial charge in [-0.15, -0.1) is 0 Å². The molecule has 1 fully saturated rings. The summed E-state index contributed by atoms with van der Waals surface area (Å²) in [6, 6.07) is 10.4. The van der Waals surface area contributed by atoms with Gasteiger partial charge >= 0.3 is 5.97 Å². The summed E-state index contributed by atoms with van der Waals surface area (Å²) in [7, 11) is 0. The van der Waals surface area contributed by atoms with Crippen molar-refractivity contribution in [2.75, 3.05) is 26.2 Å². The van der Waals surface area contributed by atoms with E-state index in [9.17, 15) is 9.90 Å². The quantitative estimate of drug-likeness (QED) is 0.831. The van der Waals surface area contributed by atoms with Crippen molar-refractivity contribution in [2.24, 2.45) is 0 Å². The number of carbonyl (C=O) groups is 1. The third kappa shape index (κ3) is 3.81. The van der Waals surface area contributed by atoms with E-state index in [-0.39, 0.29) is 0 Å². The largest absolute Gasteiger partial charge is 0.464 e.